The Kier molecular flexibility index (Phi) is 6.63. The summed E-state index contributed by atoms with van der Waals surface area (Å²) in [4.78, 5) is 4.50. The number of unbranched alkanes of at least 4 members (excludes halogenated alkanes) is 3. The second kappa shape index (κ2) is 8.99. The van der Waals surface area contributed by atoms with Crippen LogP contribution in [0.3, 0.4) is 0 Å². The monoisotopic (exact) mass is 291 g/mol. The molecular formula is C21H25N. The van der Waals surface area contributed by atoms with Crippen LogP contribution in [0.1, 0.15) is 49.3 Å². The zero-order valence-corrected chi connectivity index (χ0v) is 13.5. The van der Waals surface area contributed by atoms with E-state index in [1.807, 2.05) is 24.4 Å². The summed E-state index contributed by atoms with van der Waals surface area (Å²) in [6, 6.07) is 18.7. The molecule has 114 valence electrons. The van der Waals surface area contributed by atoms with Gasteiger partial charge in [0.25, 0.3) is 0 Å². The van der Waals surface area contributed by atoms with Gasteiger partial charge in [0, 0.05) is 12.8 Å². The van der Waals surface area contributed by atoms with Gasteiger partial charge in [-0.1, -0.05) is 87.4 Å². The van der Waals surface area contributed by atoms with Crippen molar-refractivity contribution >= 4 is 11.8 Å². The minimum absolute atomic E-state index is 0.929. The van der Waals surface area contributed by atoms with Crippen LogP contribution < -0.4 is 0 Å². The maximum atomic E-state index is 4.50. The predicted molar refractivity (Wildman–Crippen MR) is 97.6 cm³/mol. The van der Waals surface area contributed by atoms with E-state index in [2.05, 4.69) is 54.9 Å². The smallest absolute Gasteiger partial charge is 0.0389 e. The third kappa shape index (κ3) is 5.00. The van der Waals surface area contributed by atoms with Crippen molar-refractivity contribution in [2.75, 3.05) is 6.54 Å². The second-order valence-electron chi connectivity index (χ2n) is 5.56. The molecule has 22 heavy (non-hydrogen) atoms. The first-order valence-corrected chi connectivity index (χ1v) is 8.16. The quantitative estimate of drug-likeness (QED) is 0.434. The molecule has 2 rings (SSSR count). The topological polar surface area (TPSA) is 12.4 Å². The second-order valence-corrected chi connectivity index (χ2v) is 5.56. The number of nitrogens with zero attached hydrogens (tertiary/aromatic N) is 1. The molecule has 0 atom stereocenters. The Morgan fingerprint density at radius 2 is 1.59 bits per heavy atom. The fourth-order valence-corrected chi connectivity index (χ4v) is 2.38. The lowest BCUT2D eigenvalue weighted by atomic mass is 9.99. The highest BCUT2D eigenvalue weighted by molar-refractivity contribution is 5.82. The average molecular weight is 291 g/mol. The molecule has 0 heterocycles. The fourth-order valence-electron chi connectivity index (χ4n) is 2.38. The zero-order chi connectivity index (χ0) is 15.6. The van der Waals surface area contributed by atoms with Gasteiger partial charge in [0.15, 0.2) is 0 Å². The molecule has 0 saturated carbocycles. The first-order chi connectivity index (χ1) is 10.8. The molecule has 0 aliphatic rings. The van der Waals surface area contributed by atoms with Gasteiger partial charge >= 0.3 is 0 Å². The molecule has 2 aromatic carbocycles. The third-order valence-electron chi connectivity index (χ3n) is 3.76. The number of hydrogen-bond donors (Lipinski definition) is 0. The van der Waals surface area contributed by atoms with Crippen molar-refractivity contribution in [2.24, 2.45) is 4.99 Å². The molecule has 0 amide bonds. The third-order valence-corrected chi connectivity index (χ3v) is 3.76. The van der Waals surface area contributed by atoms with E-state index in [1.54, 1.807) is 0 Å². The molecule has 0 radical (unpaired) electrons. The van der Waals surface area contributed by atoms with Crippen LogP contribution >= 0.6 is 0 Å². The average Bonchev–Trinajstić information content (AvgIpc) is 2.59. The van der Waals surface area contributed by atoms with Crippen LogP contribution in [0.5, 0.6) is 0 Å². The van der Waals surface area contributed by atoms with E-state index in [-0.39, 0.29) is 0 Å². The van der Waals surface area contributed by atoms with E-state index < -0.39 is 0 Å². The normalized spacial score (nSPS) is 11.0. The lowest BCUT2D eigenvalue weighted by Crippen LogP contribution is -1.89. The van der Waals surface area contributed by atoms with E-state index in [0.29, 0.717) is 0 Å². The van der Waals surface area contributed by atoms with E-state index in [1.165, 1.54) is 31.2 Å². The van der Waals surface area contributed by atoms with Crippen LogP contribution in [-0.2, 0) is 0 Å². The molecule has 0 aromatic heterocycles. The van der Waals surface area contributed by atoms with Crippen LogP contribution in [0.2, 0.25) is 0 Å². The van der Waals surface area contributed by atoms with Crippen molar-refractivity contribution in [1.29, 1.82) is 0 Å². The van der Waals surface area contributed by atoms with Gasteiger partial charge < -0.3 is 0 Å². The Balaban J connectivity index is 1.90. The molecule has 0 N–H and O–H groups in total. The van der Waals surface area contributed by atoms with E-state index in [4.69, 9.17) is 0 Å². The maximum Gasteiger partial charge on any atom is 0.0389 e. The molecule has 0 aliphatic heterocycles. The van der Waals surface area contributed by atoms with Gasteiger partial charge in [-0.05, 0) is 28.7 Å². The van der Waals surface area contributed by atoms with Gasteiger partial charge in [0.2, 0.25) is 0 Å². The Labute approximate surface area is 134 Å². The molecule has 0 unspecified atom stereocenters. The largest absolute Gasteiger partial charge is 0.293 e. The SMILES string of the molecule is C=C(c1ccccc1)c1ccc(C=NCCCCCC)cc1. The summed E-state index contributed by atoms with van der Waals surface area (Å²) in [6.07, 6.45) is 7.03. The summed E-state index contributed by atoms with van der Waals surface area (Å²) >= 11 is 0. The number of rotatable bonds is 8. The number of benzene rings is 2. The summed E-state index contributed by atoms with van der Waals surface area (Å²) < 4.78 is 0. The van der Waals surface area contributed by atoms with Crippen LogP contribution in [-0.4, -0.2) is 12.8 Å². The Morgan fingerprint density at radius 3 is 2.27 bits per heavy atom. The summed E-state index contributed by atoms with van der Waals surface area (Å²) in [5.41, 5.74) is 4.54. The summed E-state index contributed by atoms with van der Waals surface area (Å²) in [6.45, 7) is 7.35. The highest BCUT2D eigenvalue weighted by Gasteiger charge is 2.01. The molecule has 0 bridgehead atoms. The van der Waals surface area contributed by atoms with Crippen LogP contribution in [0, 0.1) is 0 Å². The molecule has 1 nitrogen and oxygen atoms in total. The fraction of sp³-hybridized carbons (Fsp3) is 0.286. The standard InChI is InChI=1S/C21H25N/c1-3-4-5-9-16-22-17-19-12-14-21(15-13-19)18(2)20-10-7-6-8-11-20/h6-8,10-15,17H,2-5,9,16H2,1H3. The molecule has 0 saturated heterocycles. The van der Waals surface area contributed by atoms with Crippen LogP contribution in [0.25, 0.3) is 5.57 Å². The van der Waals surface area contributed by atoms with Crippen molar-refractivity contribution < 1.29 is 0 Å². The molecular weight excluding hydrogens is 266 g/mol. The molecule has 2 aromatic rings. The molecule has 0 aliphatic carbocycles. The van der Waals surface area contributed by atoms with E-state index in [9.17, 15) is 0 Å². The van der Waals surface area contributed by atoms with E-state index in [0.717, 1.165) is 23.2 Å². The first kappa shape index (κ1) is 16.2. The Bertz CT molecular complexity index is 594. The zero-order valence-electron chi connectivity index (χ0n) is 13.5. The Morgan fingerprint density at radius 1 is 0.909 bits per heavy atom. The van der Waals surface area contributed by atoms with Gasteiger partial charge in [0.05, 0.1) is 0 Å². The van der Waals surface area contributed by atoms with Crippen molar-refractivity contribution in [3.8, 4) is 0 Å². The van der Waals surface area contributed by atoms with Crippen LogP contribution in [0.15, 0.2) is 66.2 Å². The van der Waals surface area contributed by atoms with Gasteiger partial charge in [-0.25, -0.2) is 0 Å². The summed E-state index contributed by atoms with van der Waals surface area (Å²) in [7, 11) is 0. The van der Waals surface area contributed by atoms with Crippen molar-refractivity contribution in [2.45, 2.75) is 32.6 Å². The van der Waals surface area contributed by atoms with Gasteiger partial charge in [-0.15, -0.1) is 0 Å². The Hall–Kier alpha value is -2.15. The highest BCUT2D eigenvalue weighted by atomic mass is 14.7. The first-order valence-electron chi connectivity index (χ1n) is 8.16. The van der Waals surface area contributed by atoms with Crippen LogP contribution in [0.4, 0.5) is 0 Å². The lowest BCUT2D eigenvalue weighted by Gasteiger charge is -2.06. The highest BCUT2D eigenvalue weighted by Crippen LogP contribution is 2.21. The summed E-state index contributed by atoms with van der Waals surface area (Å²) in [5, 5.41) is 0. The minimum atomic E-state index is 0.929. The lowest BCUT2D eigenvalue weighted by molar-refractivity contribution is 0.676. The maximum absolute atomic E-state index is 4.50. The predicted octanol–water partition coefficient (Wildman–Crippen LogP) is 5.75. The minimum Gasteiger partial charge on any atom is -0.293 e. The number of aliphatic imine (C=N–C) groups is 1. The van der Waals surface area contributed by atoms with Crippen molar-refractivity contribution in [3.63, 3.8) is 0 Å². The molecule has 0 fully saturated rings. The molecule has 0 spiro atoms. The van der Waals surface area contributed by atoms with Crippen molar-refractivity contribution in [3.05, 3.63) is 77.9 Å². The van der Waals surface area contributed by atoms with Gasteiger partial charge in [-0.3, -0.25) is 4.99 Å². The van der Waals surface area contributed by atoms with Gasteiger partial charge in [0.1, 0.15) is 0 Å². The summed E-state index contributed by atoms with van der Waals surface area (Å²) in [5.74, 6) is 0. The van der Waals surface area contributed by atoms with Gasteiger partial charge in [-0.2, -0.15) is 0 Å². The molecule has 1 heteroatoms. The van der Waals surface area contributed by atoms with Crippen molar-refractivity contribution in [1.82, 2.24) is 0 Å². The van der Waals surface area contributed by atoms with E-state index >= 15 is 0 Å². The number of hydrogen-bond acceptors (Lipinski definition) is 1.